The Balaban J connectivity index is 0.000000289. The molecule has 0 saturated heterocycles. The quantitative estimate of drug-likeness (QED) is 0.731. The maximum absolute atomic E-state index is 3.93. The van der Waals surface area contributed by atoms with Crippen LogP contribution in [0.25, 0.3) is 0 Å². The summed E-state index contributed by atoms with van der Waals surface area (Å²) in [7, 11) is 0. The van der Waals surface area contributed by atoms with Crippen molar-refractivity contribution in [1.82, 2.24) is 9.97 Å². The average molecular weight is 244 g/mol. The molecule has 0 aliphatic heterocycles. The van der Waals surface area contributed by atoms with Gasteiger partial charge in [-0.25, -0.2) is 0 Å². The number of nitrogens with zero attached hydrogens (tertiary/aromatic N) is 2. The Morgan fingerprint density at radius 3 is 1.78 bits per heavy atom. The van der Waals surface area contributed by atoms with Gasteiger partial charge in [0, 0.05) is 24.8 Å². The van der Waals surface area contributed by atoms with E-state index in [1.807, 2.05) is 63.6 Å². The van der Waals surface area contributed by atoms with E-state index in [-0.39, 0.29) is 0 Å². The standard InChI is InChI=1S/C8H11N.C6H7N.C2H6/c1-7(2)8-3-5-9-6-4-8;1-6-3-2-4-7-5-6;1-2/h3-7H,1-2H3;2-5H,1H3;1-2H3. The molecule has 0 unspecified atom stereocenters. The monoisotopic (exact) mass is 244 g/mol. The highest BCUT2D eigenvalue weighted by Gasteiger charge is 1.93. The van der Waals surface area contributed by atoms with Crippen LogP contribution in [0.1, 0.15) is 44.7 Å². The van der Waals surface area contributed by atoms with Crippen LogP contribution in [0, 0.1) is 6.92 Å². The number of pyridine rings is 2. The largest absolute Gasteiger partial charge is 0.265 e. The van der Waals surface area contributed by atoms with Crippen LogP contribution < -0.4 is 0 Å². The molecular formula is C16H24N2. The van der Waals surface area contributed by atoms with E-state index < -0.39 is 0 Å². The first-order valence-corrected chi connectivity index (χ1v) is 6.46. The second kappa shape index (κ2) is 10.5. The zero-order chi connectivity index (χ0) is 13.8. The Morgan fingerprint density at radius 2 is 1.50 bits per heavy atom. The first-order valence-electron chi connectivity index (χ1n) is 6.46. The van der Waals surface area contributed by atoms with Crippen molar-refractivity contribution in [3.63, 3.8) is 0 Å². The van der Waals surface area contributed by atoms with Gasteiger partial charge >= 0.3 is 0 Å². The summed E-state index contributed by atoms with van der Waals surface area (Å²) in [5.74, 6) is 0.619. The Hall–Kier alpha value is -1.70. The van der Waals surface area contributed by atoms with E-state index in [0.29, 0.717) is 5.92 Å². The molecule has 0 fully saturated rings. The lowest BCUT2D eigenvalue weighted by atomic mass is 10.1. The Labute approximate surface area is 111 Å². The molecule has 0 atom stereocenters. The molecular weight excluding hydrogens is 220 g/mol. The molecule has 0 spiro atoms. The van der Waals surface area contributed by atoms with Crippen LogP contribution in [0.4, 0.5) is 0 Å². The van der Waals surface area contributed by atoms with Gasteiger partial charge in [-0.3, -0.25) is 9.97 Å². The van der Waals surface area contributed by atoms with Gasteiger partial charge in [-0.2, -0.15) is 0 Å². The van der Waals surface area contributed by atoms with Gasteiger partial charge in [0.15, 0.2) is 0 Å². The molecule has 2 heteroatoms. The molecule has 0 saturated carbocycles. The molecule has 98 valence electrons. The van der Waals surface area contributed by atoms with Gasteiger partial charge in [-0.05, 0) is 42.2 Å². The third-order valence-corrected chi connectivity index (χ3v) is 2.18. The molecule has 2 heterocycles. The minimum absolute atomic E-state index is 0.619. The van der Waals surface area contributed by atoms with Crippen LogP contribution in [-0.2, 0) is 0 Å². The van der Waals surface area contributed by atoms with Crippen LogP contribution in [0.15, 0.2) is 49.1 Å². The lowest BCUT2D eigenvalue weighted by Gasteiger charge is -2.01. The van der Waals surface area contributed by atoms with Crippen LogP contribution in [-0.4, -0.2) is 9.97 Å². The smallest absolute Gasteiger partial charge is 0.0297 e. The van der Waals surface area contributed by atoms with Gasteiger partial charge in [0.1, 0.15) is 0 Å². The lowest BCUT2D eigenvalue weighted by molar-refractivity contribution is 0.863. The minimum Gasteiger partial charge on any atom is -0.265 e. The van der Waals surface area contributed by atoms with Crippen molar-refractivity contribution in [2.45, 2.75) is 40.5 Å². The SMILES string of the molecule is CC.CC(C)c1ccncc1.Cc1cccnc1. The van der Waals surface area contributed by atoms with Crippen LogP contribution in [0.3, 0.4) is 0 Å². The Morgan fingerprint density at radius 1 is 0.889 bits per heavy atom. The molecule has 0 radical (unpaired) electrons. The number of rotatable bonds is 1. The summed E-state index contributed by atoms with van der Waals surface area (Å²) < 4.78 is 0. The number of aromatic nitrogens is 2. The molecule has 0 amide bonds. The molecule has 0 bridgehead atoms. The topological polar surface area (TPSA) is 25.8 Å². The lowest BCUT2D eigenvalue weighted by Crippen LogP contribution is -1.85. The summed E-state index contributed by atoms with van der Waals surface area (Å²) in [6.07, 6.45) is 7.26. The van der Waals surface area contributed by atoms with Gasteiger partial charge in [-0.1, -0.05) is 33.8 Å². The summed E-state index contributed by atoms with van der Waals surface area (Å²) in [6.45, 7) is 10.4. The molecule has 0 aromatic carbocycles. The van der Waals surface area contributed by atoms with Gasteiger partial charge in [0.05, 0.1) is 0 Å². The highest BCUT2D eigenvalue weighted by molar-refractivity contribution is 5.13. The van der Waals surface area contributed by atoms with Crippen molar-refractivity contribution in [2.75, 3.05) is 0 Å². The Kier molecular flexibility index (Phi) is 9.47. The third kappa shape index (κ3) is 7.55. The molecule has 0 aliphatic carbocycles. The van der Waals surface area contributed by atoms with Gasteiger partial charge in [0.2, 0.25) is 0 Å². The fourth-order valence-electron chi connectivity index (χ4n) is 1.20. The van der Waals surface area contributed by atoms with Crippen molar-refractivity contribution >= 4 is 0 Å². The number of aryl methyl sites for hydroxylation is 1. The predicted molar refractivity (Wildman–Crippen MR) is 78.6 cm³/mol. The zero-order valence-corrected chi connectivity index (χ0v) is 12.1. The minimum atomic E-state index is 0.619. The van der Waals surface area contributed by atoms with Crippen molar-refractivity contribution < 1.29 is 0 Å². The predicted octanol–water partition coefficient (Wildman–Crippen LogP) is 4.62. The zero-order valence-electron chi connectivity index (χ0n) is 12.1. The van der Waals surface area contributed by atoms with Gasteiger partial charge in [-0.15, -0.1) is 0 Å². The first-order chi connectivity index (χ1) is 8.70. The van der Waals surface area contributed by atoms with Crippen LogP contribution in [0.5, 0.6) is 0 Å². The molecule has 0 aliphatic rings. The second-order valence-corrected chi connectivity index (χ2v) is 3.97. The second-order valence-electron chi connectivity index (χ2n) is 3.97. The average Bonchev–Trinajstić information content (AvgIpc) is 2.43. The van der Waals surface area contributed by atoms with E-state index in [9.17, 15) is 0 Å². The summed E-state index contributed by atoms with van der Waals surface area (Å²) >= 11 is 0. The van der Waals surface area contributed by atoms with Gasteiger partial charge < -0.3 is 0 Å². The van der Waals surface area contributed by atoms with E-state index >= 15 is 0 Å². The van der Waals surface area contributed by atoms with E-state index in [2.05, 4.69) is 23.8 Å². The number of hydrogen-bond acceptors (Lipinski definition) is 2. The highest BCUT2D eigenvalue weighted by Crippen LogP contribution is 2.10. The fraction of sp³-hybridized carbons (Fsp3) is 0.375. The summed E-state index contributed by atoms with van der Waals surface area (Å²) in [5.41, 5.74) is 2.56. The summed E-state index contributed by atoms with van der Waals surface area (Å²) in [6, 6.07) is 8.04. The maximum Gasteiger partial charge on any atom is 0.0297 e. The maximum atomic E-state index is 3.93. The van der Waals surface area contributed by atoms with Crippen molar-refractivity contribution in [3.8, 4) is 0 Å². The molecule has 18 heavy (non-hydrogen) atoms. The van der Waals surface area contributed by atoms with Crippen LogP contribution >= 0.6 is 0 Å². The van der Waals surface area contributed by atoms with E-state index in [0.717, 1.165) is 0 Å². The van der Waals surface area contributed by atoms with Gasteiger partial charge in [0.25, 0.3) is 0 Å². The number of hydrogen-bond donors (Lipinski definition) is 0. The van der Waals surface area contributed by atoms with Crippen LogP contribution in [0.2, 0.25) is 0 Å². The van der Waals surface area contributed by atoms with Crippen molar-refractivity contribution in [1.29, 1.82) is 0 Å². The van der Waals surface area contributed by atoms with Crippen molar-refractivity contribution in [2.24, 2.45) is 0 Å². The molecule has 2 aromatic rings. The molecule has 2 nitrogen and oxygen atoms in total. The Bertz CT molecular complexity index is 382. The van der Waals surface area contributed by atoms with E-state index in [1.54, 1.807) is 6.20 Å². The summed E-state index contributed by atoms with van der Waals surface area (Å²) in [4.78, 5) is 7.81. The third-order valence-electron chi connectivity index (χ3n) is 2.18. The first kappa shape index (κ1) is 16.3. The van der Waals surface area contributed by atoms with Crippen molar-refractivity contribution in [3.05, 3.63) is 60.2 Å². The molecule has 0 N–H and O–H groups in total. The van der Waals surface area contributed by atoms with E-state index in [4.69, 9.17) is 0 Å². The molecule has 2 aromatic heterocycles. The normalized spacial score (nSPS) is 8.78. The molecule has 2 rings (SSSR count). The van der Waals surface area contributed by atoms with E-state index in [1.165, 1.54) is 11.1 Å². The fourth-order valence-corrected chi connectivity index (χ4v) is 1.20. The highest BCUT2D eigenvalue weighted by atomic mass is 14.6. The summed E-state index contributed by atoms with van der Waals surface area (Å²) in [5, 5.41) is 0.